The van der Waals surface area contributed by atoms with Crippen LogP contribution in [0.25, 0.3) is 0 Å². The lowest BCUT2D eigenvalue weighted by Gasteiger charge is -2.27. The quantitative estimate of drug-likeness (QED) is 0.0493. The number of ether oxygens (including phenoxy) is 2. The van der Waals surface area contributed by atoms with Gasteiger partial charge in [0, 0.05) is 12.8 Å². The molecule has 0 amide bonds. The van der Waals surface area contributed by atoms with Crippen molar-refractivity contribution in [3.05, 3.63) is 36.5 Å². The summed E-state index contributed by atoms with van der Waals surface area (Å²) < 4.78 is 12.1. The van der Waals surface area contributed by atoms with E-state index in [0.717, 1.165) is 51.5 Å². The molecule has 0 aromatic rings. The second-order valence-electron chi connectivity index (χ2n) is 11.9. The lowest BCUT2D eigenvalue weighted by Crippen LogP contribution is -2.35. The number of allylic oxidation sites excluding steroid dienone is 6. The van der Waals surface area contributed by atoms with Gasteiger partial charge in [0.25, 0.3) is 0 Å². The summed E-state index contributed by atoms with van der Waals surface area (Å²) in [4.78, 5) is 27.9. The van der Waals surface area contributed by atoms with E-state index < -0.39 is 12.2 Å². The zero-order chi connectivity index (χ0) is 31.1. The molecule has 0 aliphatic carbocycles. The van der Waals surface area contributed by atoms with Crippen molar-refractivity contribution in [3.8, 4) is 0 Å². The molecule has 0 saturated heterocycles. The molecule has 0 spiro atoms. The number of hydrogen-bond acceptors (Lipinski definition) is 5. The normalized spacial score (nSPS) is 13.5. The molecule has 5 nitrogen and oxygen atoms in total. The molecule has 0 radical (unpaired) electrons. The summed E-state index contributed by atoms with van der Waals surface area (Å²) in [7, 11) is 4.09. The number of rotatable bonds is 29. The maximum atomic E-state index is 12.9. The molecule has 0 aromatic carbocycles. The van der Waals surface area contributed by atoms with Crippen molar-refractivity contribution < 1.29 is 19.1 Å². The van der Waals surface area contributed by atoms with Crippen molar-refractivity contribution in [2.24, 2.45) is 0 Å². The molecule has 0 aliphatic rings. The molecule has 0 aliphatic heterocycles. The highest BCUT2D eigenvalue weighted by Gasteiger charge is 2.27. The molecule has 42 heavy (non-hydrogen) atoms. The first-order chi connectivity index (χ1) is 20.4. The van der Waals surface area contributed by atoms with Crippen LogP contribution in [0.3, 0.4) is 0 Å². The van der Waals surface area contributed by atoms with Gasteiger partial charge >= 0.3 is 11.9 Å². The van der Waals surface area contributed by atoms with E-state index in [0.29, 0.717) is 32.1 Å². The molecule has 0 rings (SSSR count). The van der Waals surface area contributed by atoms with Crippen LogP contribution in [0, 0.1) is 0 Å². The van der Waals surface area contributed by atoms with Crippen LogP contribution in [0.4, 0.5) is 0 Å². The van der Waals surface area contributed by atoms with E-state index in [9.17, 15) is 9.59 Å². The number of hydrogen-bond donors (Lipinski definition) is 0. The zero-order valence-corrected chi connectivity index (χ0v) is 28.3. The van der Waals surface area contributed by atoms with Crippen LogP contribution >= 0.6 is 0 Å². The average Bonchev–Trinajstić information content (AvgIpc) is 2.96. The lowest BCUT2D eigenvalue weighted by molar-refractivity contribution is -0.169. The van der Waals surface area contributed by atoms with Gasteiger partial charge in [0.05, 0.1) is 0 Å². The molecule has 0 saturated carbocycles. The summed E-state index contributed by atoms with van der Waals surface area (Å²) in [5.41, 5.74) is 0. The Morgan fingerprint density at radius 2 is 0.929 bits per heavy atom. The van der Waals surface area contributed by atoms with E-state index in [1.54, 1.807) is 0 Å². The zero-order valence-electron chi connectivity index (χ0n) is 28.3. The van der Waals surface area contributed by atoms with E-state index >= 15 is 0 Å². The van der Waals surface area contributed by atoms with E-state index in [1.165, 1.54) is 57.8 Å². The fraction of sp³-hybridized carbons (Fsp3) is 0.784. The smallest absolute Gasteiger partial charge is 0.306 e. The average molecular weight is 590 g/mol. The molecule has 5 heteroatoms. The van der Waals surface area contributed by atoms with E-state index in [4.69, 9.17) is 9.47 Å². The SMILES string of the molecule is CCCCC/C=C\CCC(=O)OC(CC/C=C\CCCCC)C(CC/C=C\CCCCC)OC(=O)CCCCN(C)C. The summed E-state index contributed by atoms with van der Waals surface area (Å²) in [6.45, 7) is 7.60. The Kier molecular flexibility index (Phi) is 29.2. The third kappa shape index (κ3) is 27.0. The minimum absolute atomic E-state index is 0.183. The van der Waals surface area contributed by atoms with Gasteiger partial charge in [-0.3, -0.25) is 9.59 Å². The Hall–Kier alpha value is -1.88. The van der Waals surface area contributed by atoms with Gasteiger partial charge in [-0.1, -0.05) is 95.8 Å². The van der Waals surface area contributed by atoms with Gasteiger partial charge in [-0.15, -0.1) is 0 Å². The van der Waals surface area contributed by atoms with Crippen LogP contribution in [0.5, 0.6) is 0 Å². The van der Waals surface area contributed by atoms with Gasteiger partial charge in [0.1, 0.15) is 12.2 Å². The summed E-state index contributed by atoms with van der Waals surface area (Å²) in [5.74, 6) is -0.385. The molecule has 0 heterocycles. The largest absolute Gasteiger partial charge is 0.458 e. The molecule has 0 aromatic heterocycles. The number of carbonyl (C=O) groups excluding carboxylic acids is 2. The van der Waals surface area contributed by atoms with E-state index in [1.807, 2.05) is 14.1 Å². The molecule has 0 N–H and O–H groups in total. The predicted octanol–water partition coefficient (Wildman–Crippen LogP) is 10.3. The van der Waals surface area contributed by atoms with Crippen LogP contribution < -0.4 is 0 Å². The van der Waals surface area contributed by atoms with Gasteiger partial charge < -0.3 is 14.4 Å². The van der Waals surface area contributed by atoms with Crippen LogP contribution in [-0.2, 0) is 19.1 Å². The topological polar surface area (TPSA) is 55.8 Å². The molecular formula is C37H67NO4. The second-order valence-corrected chi connectivity index (χ2v) is 11.9. The van der Waals surface area contributed by atoms with Crippen molar-refractivity contribution >= 4 is 11.9 Å². The maximum absolute atomic E-state index is 12.9. The van der Waals surface area contributed by atoms with Gasteiger partial charge in [-0.05, 0) is 104 Å². The van der Waals surface area contributed by atoms with Crippen molar-refractivity contribution in [2.75, 3.05) is 20.6 Å². The minimum atomic E-state index is -0.425. The Balaban J connectivity index is 5.31. The third-order valence-electron chi connectivity index (χ3n) is 7.39. The number of nitrogens with zero attached hydrogens (tertiary/aromatic N) is 1. The van der Waals surface area contributed by atoms with Crippen LogP contribution in [-0.4, -0.2) is 49.7 Å². The van der Waals surface area contributed by atoms with Gasteiger partial charge in [-0.25, -0.2) is 0 Å². The summed E-state index contributed by atoms with van der Waals surface area (Å²) in [6, 6.07) is 0. The fourth-order valence-electron chi connectivity index (χ4n) is 4.76. The van der Waals surface area contributed by atoms with Gasteiger partial charge in [0.2, 0.25) is 0 Å². The van der Waals surface area contributed by atoms with Crippen LogP contribution in [0.2, 0.25) is 0 Å². The van der Waals surface area contributed by atoms with E-state index in [2.05, 4.69) is 62.1 Å². The van der Waals surface area contributed by atoms with Gasteiger partial charge in [-0.2, -0.15) is 0 Å². The van der Waals surface area contributed by atoms with Crippen molar-refractivity contribution in [2.45, 2.75) is 168 Å². The summed E-state index contributed by atoms with van der Waals surface area (Å²) in [5, 5.41) is 0. The van der Waals surface area contributed by atoms with Gasteiger partial charge in [0.15, 0.2) is 0 Å². The van der Waals surface area contributed by atoms with Crippen molar-refractivity contribution in [1.82, 2.24) is 4.90 Å². The van der Waals surface area contributed by atoms with Crippen LogP contribution in [0.1, 0.15) is 156 Å². The summed E-state index contributed by atoms with van der Waals surface area (Å²) in [6.07, 6.45) is 32.7. The molecule has 0 bridgehead atoms. The standard InChI is InChI=1S/C37H67NO4/c1-6-9-12-15-18-21-24-29-34(41-36(39)31-26-23-20-17-14-11-8-3)35(30-25-22-19-16-13-10-7-2)42-37(40)32-27-28-33-38(4)5/h18-23,34-35H,6-17,24-33H2,1-5H3/b21-18-,22-19-,23-20-. The molecule has 2 unspecified atom stereocenters. The Labute approximate surface area is 260 Å². The van der Waals surface area contributed by atoms with Crippen LogP contribution in [0.15, 0.2) is 36.5 Å². The highest BCUT2D eigenvalue weighted by Crippen LogP contribution is 2.20. The minimum Gasteiger partial charge on any atom is -0.458 e. The molecule has 244 valence electrons. The Bertz CT molecular complexity index is 713. The van der Waals surface area contributed by atoms with Crippen molar-refractivity contribution in [3.63, 3.8) is 0 Å². The fourth-order valence-corrected chi connectivity index (χ4v) is 4.76. The first kappa shape index (κ1) is 40.1. The summed E-state index contributed by atoms with van der Waals surface area (Å²) >= 11 is 0. The molecule has 2 atom stereocenters. The Morgan fingerprint density at radius 1 is 0.524 bits per heavy atom. The highest BCUT2D eigenvalue weighted by atomic mass is 16.6. The first-order valence-electron chi connectivity index (χ1n) is 17.4. The second kappa shape index (κ2) is 30.6. The number of unbranched alkanes of at least 4 members (excludes halogenated alkanes) is 10. The third-order valence-corrected chi connectivity index (χ3v) is 7.39. The number of esters is 2. The Morgan fingerprint density at radius 3 is 1.36 bits per heavy atom. The number of carbonyl (C=O) groups is 2. The predicted molar refractivity (Wildman–Crippen MR) is 180 cm³/mol. The maximum Gasteiger partial charge on any atom is 0.306 e. The highest BCUT2D eigenvalue weighted by molar-refractivity contribution is 5.70. The monoisotopic (exact) mass is 590 g/mol. The molecule has 0 fully saturated rings. The van der Waals surface area contributed by atoms with Crippen molar-refractivity contribution in [1.29, 1.82) is 0 Å². The molecular weight excluding hydrogens is 522 g/mol. The lowest BCUT2D eigenvalue weighted by atomic mass is 10.0. The van der Waals surface area contributed by atoms with E-state index in [-0.39, 0.29) is 11.9 Å². The first-order valence-corrected chi connectivity index (χ1v) is 17.4.